The lowest BCUT2D eigenvalue weighted by molar-refractivity contribution is -0.385. The zero-order chi connectivity index (χ0) is 20.8. The Kier molecular flexibility index (Phi) is 5.08. The number of piperidine rings is 1. The number of para-hydroxylation sites is 1. The van der Waals surface area contributed by atoms with E-state index in [1.54, 1.807) is 6.92 Å². The molecule has 0 N–H and O–H groups in total. The summed E-state index contributed by atoms with van der Waals surface area (Å²) in [4.78, 5) is 13.0. The van der Waals surface area contributed by atoms with Gasteiger partial charge in [0.15, 0.2) is 0 Å². The number of nitrogens with zero attached hydrogens (tertiary/aromatic N) is 3. The Morgan fingerprint density at radius 3 is 2.48 bits per heavy atom. The van der Waals surface area contributed by atoms with Gasteiger partial charge in [0.05, 0.1) is 9.82 Å². The van der Waals surface area contributed by atoms with Gasteiger partial charge in [-0.3, -0.25) is 10.1 Å². The molecule has 0 bridgehead atoms. The molecule has 2 heterocycles. The molecule has 1 saturated heterocycles. The average molecular weight is 416 g/mol. The lowest BCUT2D eigenvalue weighted by Crippen LogP contribution is -2.48. The first kappa shape index (κ1) is 19.8. The van der Waals surface area contributed by atoms with Crippen molar-refractivity contribution in [3.8, 4) is 0 Å². The highest BCUT2D eigenvalue weighted by atomic mass is 32.2. The minimum atomic E-state index is -3.76. The van der Waals surface area contributed by atoms with Crippen LogP contribution in [0.4, 0.5) is 11.4 Å². The number of nitro benzene ring substituents is 1. The van der Waals surface area contributed by atoms with Crippen LogP contribution in [-0.4, -0.2) is 42.8 Å². The number of hydrogen-bond acceptors (Lipinski definition) is 5. The van der Waals surface area contributed by atoms with E-state index in [0.29, 0.717) is 30.7 Å². The fourth-order valence-corrected chi connectivity index (χ4v) is 6.34. The third-order valence-electron chi connectivity index (χ3n) is 6.08. The largest absolute Gasteiger partial charge is 0.365 e. The van der Waals surface area contributed by atoms with E-state index in [1.165, 1.54) is 33.8 Å². The van der Waals surface area contributed by atoms with Gasteiger partial charge in [0.25, 0.3) is 5.69 Å². The van der Waals surface area contributed by atoms with E-state index in [1.807, 2.05) is 0 Å². The molecule has 2 aromatic carbocycles. The van der Waals surface area contributed by atoms with Crippen molar-refractivity contribution in [3.05, 3.63) is 63.7 Å². The number of rotatable bonds is 4. The van der Waals surface area contributed by atoms with E-state index in [0.717, 1.165) is 19.3 Å². The van der Waals surface area contributed by atoms with E-state index < -0.39 is 14.9 Å². The van der Waals surface area contributed by atoms with Gasteiger partial charge in [-0.15, -0.1) is 0 Å². The predicted molar refractivity (Wildman–Crippen MR) is 112 cm³/mol. The molecular formula is C21H25N3O4S. The molecule has 2 aliphatic heterocycles. The van der Waals surface area contributed by atoms with Gasteiger partial charge in [-0.05, 0) is 50.3 Å². The van der Waals surface area contributed by atoms with Gasteiger partial charge < -0.3 is 4.90 Å². The van der Waals surface area contributed by atoms with Crippen molar-refractivity contribution in [2.45, 2.75) is 50.1 Å². The third-order valence-corrected chi connectivity index (χ3v) is 8.12. The molecule has 0 radical (unpaired) electrons. The molecule has 2 aromatic rings. The number of anilines is 1. The Morgan fingerprint density at radius 2 is 1.79 bits per heavy atom. The summed E-state index contributed by atoms with van der Waals surface area (Å²) in [5.41, 5.74) is 2.93. The molecule has 8 heteroatoms. The average Bonchev–Trinajstić information content (AvgIpc) is 3.03. The number of hydrogen-bond donors (Lipinski definition) is 0. The van der Waals surface area contributed by atoms with E-state index in [2.05, 4.69) is 36.1 Å². The van der Waals surface area contributed by atoms with Gasteiger partial charge in [0, 0.05) is 43.0 Å². The molecule has 0 saturated carbocycles. The first-order chi connectivity index (χ1) is 13.8. The van der Waals surface area contributed by atoms with E-state index in [4.69, 9.17) is 0 Å². The molecule has 2 aliphatic rings. The van der Waals surface area contributed by atoms with Crippen LogP contribution in [0.2, 0.25) is 0 Å². The van der Waals surface area contributed by atoms with E-state index >= 15 is 0 Å². The van der Waals surface area contributed by atoms with Gasteiger partial charge in [-0.1, -0.05) is 24.3 Å². The molecule has 0 aliphatic carbocycles. The smallest absolute Gasteiger partial charge is 0.270 e. The lowest BCUT2D eigenvalue weighted by atomic mass is 10.0. The van der Waals surface area contributed by atoms with E-state index in [-0.39, 0.29) is 10.6 Å². The van der Waals surface area contributed by atoms with Gasteiger partial charge in [-0.25, -0.2) is 8.42 Å². The highest BCUT2D eigenvalue weighted by molar-refractivity contribution is 7.89. The molecule has 0 aromatic heterocycles. The third kappa shape index (κ3) is 3.51. The monoisotopic (exact) mass is 415 g/mol. The zero-order valence-electron chi connectivity index (χ0n) is 16.6. The van der Waals surface area contributed by atoms with Crippen LogP contribution in [0, 0.1) is 17.0 Å². The minimum Gasteiger partial charge on any atom is -0.365 e. The predicted octanol–water partition coefficient (Wildman–Crippen LogP) is 3.51. The SMILES string of the molecule is Cc1ccc([N+](=O)[O-])cc1S(=O)(=O)N1CCC(N2c3ccccc3CC2C)CC1. The van der Waals surface area contributed by atoms with Crippen molar-refractivity contribution in [3.63, 3.8) is 0 Å². The summed E-state index contributed by atoms with van der Waals surface area (Å²) >= 11 is 0. The molecular weight excluding hydrogens is 390 g/mol. The molecule has 154 valence electrons. The highest BCUT2D eigenvalue weighted by Gasteiger charge is 2.37. The first-order valence-electron chi connectivity index (χ1n) is 9.90. The van der Waals surface area contributed by atoms with Gasteiger partial charge in [-0.2, -0.15) is 4.31 Å². The van der Waals surface area contributed by atoms with Crippen LogP contribution in [-0.2, 0) is 16.4 Å². The first-order valence-corrected chi connectivity index (χ1v) is 11.3. The quantitative estimate of drug-likeness (QED) is 0.564. The van der Waals surface area contributed by atoms with Gasteiger partial charge >= 0.3 is 0 Å². The number of benzene rings is 2. The minimum absolute atomic E-state index is 0.0324. The molecule has 1 atom stereocenters. The molecule has 7 nitrogen and oxygen atoms in total. The normalized spacial score (nSPS) is 20.6. The van der Waals surface area contributed by atoms with Crippen molar-refractivity contribution in [1.29, 1.82) is 0 Å². The fourth-order valence-electron chi connectivity index (χ4n) is 4.63. The Hall–Kier alpha value is -2.45. The van der Waals surface area contributed by atoms with Crippen molar-refractivity contribution >= 4 is 21.4 Å². The number of aryl methyl sites for hydroxylation is 1. The van der Waals surface area contributed by atoms with E-state index in [9.17, 15) is 18.5 Å². The summed E-state index contributed by atoms with van der Waals surface area (Å²) < 4.78 is 27.8. The number of nitro groups is 1. The molecule has 0 amide bonds. The molecule has 1 fully saturated rings. The highest BCUT2D eigenvalue weighted by Crippen LogP contribution is 2.37. The maximum absolute atomic E-state index is 13.2. The topological polar surface area (TPSA) is 83.8 Å². The Morgan fingerprint density at radius 1 is 1.10 bits per heavy atom. The van der Waals surface area contributed by atoms with Crippen LogP contribution in [0.15, 0.2) is 47.4 Å². The number of fused-ring (bicyclic) bond motifs is 1. The van der Waals surface area contributed by atoms with Crippen molar-refractivity contribution in [2.75, 3.05) is 18.0 Å². The van der Waals surface area contributed by atoms with Crippen LogP contribution >= 0.6 is 0 Å². The molecule has 0 spiro atoms. The number of sulfonamides is 1. The van der Waals surface area contributed by atoms with Crippen molar-refractivity contribution < 1.29 is 13.3 Å². The molecule has 1 unspecified atom stereocenters. The Labute approximate surface area is 171 Å². The van der Waals surface area contributed by atoms with Crippen LogP contribution in [0.25, 0.3) is 0 Å². The van der Waals surface area contributed by atoms with Crippen molar-refractivity contribution in [2.24, 2.45) is 0 Å². The van der Waals surface area contributed by atoms with Gasteiger partial charge in [0.2, 0.25) is 10.0 Å². The zero-order valence-corrected chi connectivity index (χ0v) is 17.4. The maximum atomic E-state index is 13.2. The maximum Gasteiger partial charge on any atom is 0.270 e. The van der Waals surface area contributed by atoms with Crippen LogP contribution < -0.4 is 4.90 Å². The van der Waals surface area contributed by atoms with Crippen LogP contribution in [0.3, 0.4) is 0 Å². The summed E-state index contributed by atoms with van der Waals surface area (Å²) in [7, 11) is -3.76. The summed E-state index contributed by atoms with van der Waals surface area (Å²) in [6, 6.07) is 13.1. The van der Waals surface area contributed by atoms with Crippen molar-refractivity contribution in [1.82, 2.24) is 4.31 Å². The summed E-state index contributed by atoms with van der Waals surface area (Å²) in [6.07, 6.45) is 2.50. The molecule has 29 heavy (non-hydrogen) atoms. The van der Waals surface area contributed by atoms with Crippen LogP contribution in [0.1, 0.15) is 30.9 Å². The second-order valence-corrected chi connectivity index (χ2v) is 9.84. The lowest BCUT2D eigenvalue weighted by Gasteiger charge is -2.40. The summed E-state index contributed by atoms with van der Waals surface area (Å²) in [5, 5.41) is 11.1. The fraction of sp³-hybridized carbons (Fsp3) is 0.429. The Bertz CT molecular complexity index is 1050. The standard InChI is InChI=1S/C21H25N3O4S/c1-15-7-8-19(24(25)26)14-21(15)29(27,28)22-11-9-18(10-12-22)23-16(2)13-17-5-3-4-6-20(17)23/h3-8,14,16,18H,9-13H2,1-2H3. The van der Waals surface area contributed by atoms with Gasteiger partial charge in [0.1, 0.15) is 0 Å². The Balaban J connectivity index is 1.53. The second kappa shape index (κ2) is 7.42. The second-order valence-electron chi connectivity index (χ2n) is 7.93. The molecule has 4 rings (SSSR count). The summed E-state index contributed by atoms with van der Waals surface area (Å²) in [5.74, 6) is 0. The number of non-ortho nitro benzene ring substituents is 1. The van der Waals surface area contributed by atoms with Crippen LogP contribution in [0.5, 0.6) is 0 Å². The summed E-state index contributed by atoms with van der Waals surface area (Å²) in [6.45, 7) is 4.73.